The number of fused-ring (bicyclic) bond motifs is 1. The number of likely N-dealkylation sites (N-methyl/N-ethyl adjacent to an activating group) is 1. The summed E-state index contributed by atoms with van der Waals surface area (Å²) in [6.07, 6.45) is 4.77. The van der Waals surface area contributed by atoms with Gasteiger partial charge in [0, 0.05) is 48.3 Å². The van der Waals surface area contributed by atoms with Crippen LogP contribution < -0.4 is 10.2 Å². The lowest BCUT2D eigenvalue weighted by atomic mass is 10.0. The van der Waals surface area contributed by atoms with Gasteiger partial charge in [0.25, 0.3) is 5.91 Å². The van der Waals surface area contributed by atoms with Crippen LogP contribution in [0, 0.1) is 0 Å². The molecule has 1 amide bonds. The Kier molecular flexibility index (Phi) is 6.29. The topological polar surface area (TPSA) is 77.1 Å². The summed E-state index contributed by atoms with van der Waals surface area (Å²) < 4.78 is 0. The molecule has 31 heavy (non-hydrogen) atoms. The first-order valence-corrected chi connectivity index (χ1v) is 11.8. The molecule has 0 saturated carbocycles. The van der Waals surface area contributed by atoms with Crippen molar-refractivity contribution in [2.75, 3.05) is 31.6 Å². The molecule has 0 radical (unpaired) electrons. The molecule has 3 aromatic rings. The lowest BCUT2D eigenvalue weighted by Crippen LogP contribution is -2.57. The number of anilines is 1. The van der Waals surface area contributed by atoms with E-state index in [1.807, 2.05) is 6.07 Å². The van der Waals surface area contributed by atoms with Gasteiger partial charge in [0.15, 0.2) is 0 Å². The number of piperazine rings is 1. The van der Waals surface area contributed by atoms with E-state index in [-0.39, 0.29) is 17.5 Å². The number of rotatable bonds is 7. The summed E-state index contributed by atoms with van der Waals surface area (Å²) in [5.74, 6) is -0.129. The highest BCUT2D eigenvalue weighted by Crippen LogP contribution is 2.27. The second-order valence-electron chi connectivity index (χ2n) is 9.07. The summed E-state index contributed by atoms with van der Waals surface area (Å²) >= 11 is 1.39. The Morgan fingerprint density at radius 2 is 2.10 bits per heavy atom. The first kappa shape index (κ1) is 21.8. The van der Waals surface area contributed by atoms with Crippen LogP contribution in [0.4, 0.5) is 5.13 Å². The maximum Gasteiger partial charge on any atom is 0.282 e. The van der Waals surface area contributed by atoms with Crippen molar-refractivity contribution in [3.05, 3.63) is 41.0 Å². The highest BCUT2D eigenvalue weighted by Gasteiger charge is 2.32. The molecule has 2 N–H and O–H groups in total. The number of hydrogen-bond acceptors (Lipinski definition) is 6. The second kappa shape index (κ2) is 8.96. The van der Waals surface area contributed by atoms with Gasteiger partial charge in [-0.15, -0.1) is 10.2 Å². The number of para-hydroxylation sites is 1. The van der Waals surface area contributed by atoms with E-state index in [0.29, 0.717) is 5.01 Å². The predicted octanol–water partition coefficient (Wildman–Crippen LogP) is 3.69. The number of carbonyl (C=O) groups is 1. The largest absolute Gasteiger partial charge is 0.361 e. The van der Waals surface area contributed by atoms with E-state index in [0.717, 1.165) is 49.5 Å². The number of nitrogens with zero attached hydrogens (tertiary/aromatic N) is 4. The van der Waals surface area contributed by atoms with Crippen LogP contribution in [0.25, 0.3) is 10.9 Å². The minimum absolute atomic E-state index is 0.0617. The Morgan fingerprint density at radius 3 is 2.87 bits per heavy atom. The Labute approximate surface area is 187 Å². The van der Waals surface area contributed by atoms with E-state index in [1.165, 1.54) is 22.3 Å². The van der Waals surface area contributed by atoms with E-state index in [1.54, 1.807) is 0 Å². The zero-order chi connectivity index (χ0) is 22.0. The van der Waals surface area contributed by atoms with Crippen molar-refractivity contribution in [1.29, 1.82) is 0 Å². The third-order valence-electron chi connectivity index (χ3n) is 6.31. The number of hydrogen-bond donors (Lipinski definition) is 2. The van der Waals surface area contributed by atoms with Crippen molar-refractivity contribution in [2.24, 2.45) is 0 Å². The van der Waals surface area contributed by atoms with E-state index < -0.39 is 0 Å². The summed E-state index contributed by atoms with van der Waals surface area (Å²) in [7, 11) is 2.15. The molecule has 1 aromatic carbocycles. The van der Waals surface area contributed by atoms with Crippen molar-refractivity contribution in [3.8, 4) is 0 Å². The molecule has 1 atom stereocenters. The molecular formula is C23H32N6OS. The average molecular weight is 441 g/mol. The molecule has 2 aromatic heterocycles. The van der Waals surface area contributed by atoms with Gasteiger partial charge in [-0.25, -0.2) is 0 Å². The first-order valence-electron chi connectivity index (χ1n) is 11.0. The SMILES string of the molecule is CCCC(Cc1c[nH]c2ccccc12)NC(=O)c1nnc(N2CCN(C)C(C)(C)C2)s1. The fraction of sp³-hybridized carbons (Fsp3) is 0.522. The maximum atomic E-state index is 13.0. The fourth-order valence-corrected chi connectivity index (χ4v) is 5.00. The van der Waals surface area contributed by atoms with Gasteiger partial charge in [0.1, 0.15) is 0 Å². The molecule has 1 unspecified atom stereocenters. The number of H-pyrrole nitrogens is 1. The van der Waals surface area contributed by atoms with Crippen LogP contribution in [0.1, 0.15) is 49.0 Å². The quantitative estimate of drug-likeness (QED) is 0.586. The van der Waals surface area contributed by atoms with Crippen molar-refractivity contribution in [3.63, 3.8) is 0 Å². The third-order valence-corrected chi connectivity index (χ3v) is 7.29. The highest BCUT2D eigenvalue weighted by atomic mass is 32.1. The van der Waals surface area contributed by atoms with Crippen molar-refractivity contribution in [1.82, 2.24) is 25.4 Å². The molecule has 3 heterocycles. The Balaban J connectivity index is 1.44. The smallest absolute Gasteiger partial charge is 0.282 e. The Hall–Kier alpha value is -2.45. The Morgan fingerprint density at radius 1 is 1.29 bits per heavy atom. The van der Waals surface area contributed by atoms with E-state index >= 15 is 0 Å². The van der Waals surface area contributed by atoms with Crippen molar-refractivity contribution < 1.29 is 4.79 Å². The molecule has 0 spiro atoms. The Bertz CT molecular complexity index is 1040. The minimum atomic E-state index is -0.129. The lowest BCUT2D eigenvalue weighted by Gasteiger charge is -2.45. The second-order valence-corrected chi connectivity index (χ2v) is 10.0. The molecule has 7 nitrogen and oxygen atoms in total. The average Bonchev–Trinajstić information content (AvgIpc) is 3.38. The molecule has 8 heteroatoms. The fourth-order valence-electron chi connectivity index (χ4n) is 4.23. The summed E-state index contributed by atoms with van der Waals surface area (Å²) in [6.45, 7) is 9.35. The number of amides is 1. The standard InChI is InChI=1S/C23H32N6OS/c1-5-8-17(13-16-14-24-19-10-7-6-9-18(16)19)25-20(30)21-26-27-22(31-21)29-12-11-28(4)23(2,3)15-29/h6-7,9-10,14,17,24H,5,8,11-13,15H2,1-4H3,(H,25,30). The van der Waals surface area contributed by atoms with Crippen LogP contribution in [0.5, 0.6) is 0 Å². The maximum absolute atomic E-state index is 13.0. The molecule has 0 aliphatic carbocycles. The van der Waals surface area contributed by atoms with Gasteiger partial charge in [0.2, 0.25) is 10.1 Å². The molecule has 0 bridgehead atoms. The van der Waals surface area contributed by atoms with Crippen LogP contribution >= 0.6 is 11.3 Å². The zero-order valence-corrected chi connectivity index (χ0v) is 19.6. The van der Waals surface area contributed by atoms with Crippen molar-refractivity contribution in [2.45, 2.75) is 51.6 Å². The van der Waals surface area contributed by atoms with Crippen LogP contribution in [-0.4, -0.2) is 64.3 Å². The van der Waals surface area contributed by atoms with Gasteiger partial charge in [-0.3, -0.25) is 9.69 Å². The number of aromatic nitrogens is 3. The molecule has 1 fully saturated rings. The van der Waals surface area contributed by atoms with Crippen molar-refractivity contribution >= 4 is 33.3 Å². The lowest BCUT2D eigenvalue weighted by molar-refractivity contribution is 0.0933. The number of benzene rings is 1. The minimum Gasteiger partial charge on any atom is -0.361 e. The van der Waals surface area contributed by atoms with Crippen LogP contribution in [0.3, 0.4) is 0 Å². The summed E-state index contributed by atoms with van der Waals surface area (Å²) in [4.78, 5) is 20.9. The van der Waals surface area contributed by atoms with Crippen LogP contribution in [-0.2, 0) is 6.42 Å². The van der Waals surface area contributed by atoms with E-state index in [2.05, 4.69) is 82.5 Å². The molecule has 1 saturated heterocycles. The van der Waals surface area contributed by atoms with Gasteiger partial charge >= 0.3 is 0 Å². The molecule has 1 aliphatic heterocycles. The van der Waals surface area contributed by atoms with Crippen LogP contribution in [0.15, 0.2) is 30.5 Å². The van der Waals surface area contributed by atoms with Gasteiger partial charge < -0.3 is 15.2 Å². The van der Waals surface area contributed by atoms with E-state index in [4.69, 9.17) is 0 Å². The van der Waals surface area contributed by atoms with Gasteiger partial charge in [-0.2, -0.15) is 0 Å². The summed E-state index contributed by atoms with van der Waals surface area (Å²) in [6, 6.07) is 8.35. The summed E-state index contributed by atoms with van der Waals surface area (Å²) in [5.41, 5.74) is 2.42. The first-order chi connectivity index (χ1) is 14.9. The molecular weight excluding hydrogens is 408 g/mol. The number of aromatic amines is 1. The van der Waals surface area contributed by atoms with Gasteiger partial charge in [0.05, 0.1) is 0 Å². The molecule has 4 rings (SSSR count). The molecule has 166 valence electrons. The monoisotopic (exact) mass is 440 g/mol. The van der Waals surface area contributed by atoms with Crippen LogP contribution in [0.2, 0.25) is 0 Å². The molecule has 1 aliphatic rings. The van der Waals surface area contributed by atoms with Gasteiger partial charge in [-0.1, -0.05) is 42.9 Å². The normalized spacial score (nSPS) is 17.7. The summed E-state index contributed by atoms with van der Waals surface area (Å²) in [5, 5.41) is 14.2. The third kappa shape index (κ3) is 4.75. The number of nitrogens with one attached hydrogen (secondary N) is 2. The zero-order valence-electron chi connectivity index (χ0n) is 18.8. The highest BCUT2D eigenvalue weighted by molar-refractivity contribution is 7.17. The predicted molar refractivity (Wildman–Crippen MR) is 127 cm³/mol. The number of carbonyl (C=O) groups excluding carboxylic acids is 1. The van der Waals surface area contributed by atoms with E-state index in [9.17, 15) is 4.79 Å². The van der Waals surface area contributed by atoms with Gasteiger partial charge in [-0.05, 0) is 45.4 Å².